The fourth-order valence-electron chi connectivity index (χ4n) is 4.56. The quantitative estimate of drug-likeness (QED) is 0.625. The summed E-state index contributed by atoms with van der Waals surface area (Å²) in [5.74, 6) is 1.90. The Morgan fingerprint density at radius 1 is 1.27 bits per heavy atom. The molecule has 6 nitrogen and oxygen atoms in total. The van der Waals surface area contributed by atoms with Crippen LogP contribution in [0, 0.1) is 5.92 Å². The van der Waals surface area contributed by atoms with Crippen molar-refractivity contribution in [1.82, 2.24) is 24.9 Å². The van der Waals surface area contributed by atoms with E-state index in [9.17, 15) is 0 Å². The smallest absolute Gasteiger partial charge is 0.193 e. The number of likely N-dealkylation sites (tertiary alicyclic amines) is 1. The van der Waals surface area contributed by atoms with E-state index < -0.39 is 0 Å². The van der Waals surface area contributed by atoms with Crippen LogP contribution in [0.2, 0.25) is 0 Å². The SMILES string of the molecule is CN=C(NCC1CCCN1CC1CCCCC1)N(C)Cc1cnn(C)c1. The lowest BCUT2D eigenvalue weighted by molar-refractivity contribution is 0.187. The van der Waals surface area contributed by atoms with Crippen LogP contribution < -0.4 is 5.32 Å². The number of aryl methyl sites for hydroxylation is 1. The minimum absolute atomic E-state index is 0.653. The first kappa shape index (κ1) is 19.2. The fourth-order valence-corrected chi connectivity index (χ4v) is 4.56. The number of rotatable bonds is 6. The molecule has 146 valence electrons. The van der Waals surface area contributed by atoms with Crippen molar-refractivity contribution in [2.75, 3.05) is 33.7 Å². The Balaban J connectivity index is 1.47. The van der Waals surface area contributed by atoms with Gasteiger partial charge in [-0.1, -0.05) is 19.3 Å². The lowest BCUT2D eigenvalue weighted by Crippen LogP contribution is -2.46. The molecule has 1 aromatic heterocycles. The molecule has 26 heavy (non-hydrogen) atoms. The van der Waals surface area contributed by atoms with Gasteiger partial charge in [-0.25, -0.2) is 0 Å². The Hall–Kier alpha value is -1.56. The molecule has 1 unspecified atom stereocenters. The van der Waals surface area contributed by atoms with Crippen LogP contribution in [0.4, 0.5) is 0 Å². The first-order valence-electron chi connectivity index (χ1n) is 10.3. The van der Waals surface area contributed by atoms with E-state index in [0.717, 1.165) is 25.0 Å². The third kappa shape index (κ3) is 5.22. The van der Waals surface area contributed by atoms with E-state index in [1.807, 2.05) is 25.0 Å². The molecule has 0 amide bonds. The van der Waals surface area contributed by atoms with Gasteiger partial charge in [-0.3, -0.25) is 14.6 Å². The van der Waals surface area contributed by atoms with Crippen LogP contribution in [-0.4, -0.2) is 65.3 Å². The second-order valence-electron chi connectivity index (χ2n) is 8.10. The molecule has 1 saturated heterocycles. The molecule has 1 atom stereocenters. The van der Waals surface area contributed by atoms with Gasteiger partial charge in [0.1, 0.15) is 0 Å². The molecule has 6 heteroatoms. The highest BCUT2D eigenvalue weighted by atomic mass is 15.3. The van der Waals surface area contributed by atoms with Crippen LogP contribution in [0.3, 0.4) is 0 Å². The molecule has 2 heterocycles. The molecule has 1 aliphatic heterocycles. The van der Waals surface area contributed by atoms with Gasteiger partial charge in [0, 0.05) is 58.6 Å². The lowest BCUT2D eigenvalue weighted by Gasteiger charge is -2.32. The van der Waals surface area contributed by atoms with E-state index in [4.69, 9.17) is 0 Å². The summed E-state index contributed by atoms with van der Waals surface area (Å²) in [5.41, 5.74) is 1.21. The van der Waals surface area contributed by atoms with Gasteiger partial charge >= 0.3 is 0 Å². The summed E-state index contributed by atoms with van der Waals surface area (Å²) in [7, 11) is 5.92. The van der Waals surface area contributed by atoms with E-state index >= 15 is 0 Å². The zero-order valence-corrected chi connectivity index (χ0v) is 16.8. The second kappa shape index (κ2) is 9.40. The van der Waals surface area contributed by atoms with Crippen molar-refractivity contribution in [3.05, 3.63) is 18.0 Å². The van der Waals surface area contributed by atoms with Gasteiger partial charge < -0.3 is 10.2 Å². The van der Waals surface area contributed by atoms with E-state index in [0.29, 0.717) is 6.04 Å². The summed E-state index contributed by atoms with van der Waals surface area (Å²) >= 11 is 0. The predicted octanol–water partition coefficient (Wildman–Crippen LogP) is 2.47. The van der Waals surface area contributed by atoms with Crippen molar-refractivity contribution in [3.8, 4) is 0 Å². The van der Waals surface area contributed by atoms with Crippen molar-refractivity contribution >= 4 is 5.96 Å². The van der Waals surface area contributed by atoms with E-state index in [1.165, 1.54) is 63.6 Å². The molecule has 1 aromatic rings. The average Bonchev–Trinajstić information content (AvgIpc) is 3.25. The number of hydrogen-bond donors (Lipinski definition) is 1. The Kier molecular flexibility index (Phi) is 6.94. The molecular weight excluding hydrogens is 324 g/mol. The zero-order valence-electron chi connectivity index (χ0n) is 16.8. The van der Waals surface area contributed by atoms with Crippen molar-refractivity contribution in [1.29, 1.82) is 0 Å². The number of nitrogens with one attached hydrogen (secondary N) is 1. The molecule has 0 bridgehead atoms. The van der Waals surface area contributed by atoms with Crippen LogP contribution in [0.25, 0.3) is 0 Å². The van der Waals surface area contributed by atoms with Gasteiger partial charge in [-0.05, 0) is 38.1 Å². The minimum Gasteiger partial charge on any atom is -0.355 e. The van der Waals surface area contributed by atoms with Crippen molar-refractivity contribution in [2.45, 2.75) is 57.5 Å². The molecule has 0 aromatic carbocycles. The summed E-state index contributed by atoms with van der Waals surface area (Å²) < 4.78 is 1.85. The summed E-state index contributed by atoms with van der Waals surface area (Å²) in [5, 5.41) is 7.86. The average molecular weight is 361 g/mol. The summed E-state index contributed by atoms with van der Waals surface area (Å²) in [4.78, 5) is 9.39. The number of hydrogen-bond acceptors (Lipinski definition) is 3. The van der Waals surface area contributed by atoms with Crippen LogP contribution in [-0.2, 0) is 13.6 Å². The minimum atomic E-state index is 0.653. The van der Waals surface area contributed by atoms with Crippen molar-refractivity contribution in [3.63, 3.8) is 0 Å². The fraction of sp³-hybridized carbons (Fsp3) is 0.800. The highest BCUT2D eigenvalue weighted by molar-refractivity contribution is 5.79. The zero-order chi connectivity index (χ0) is 18.4. The molecule has 0 spiro atoms. The van der Waals surface area contributed by atoms with Gasteiger partial charge in [-0.15, -0.1) is 0 Å². The largest absolute Gasteiger partial charge is 0.355 e. The van der Waals surface area contributed by atoms with Gasteiger partial charge in [-0.2, -0.15) is 5.10 Å². The van der Waals surface area contributed by atoms with E-state index in [1.54, 1.807) is 0 Å². The van der Waals surface area contributed by atoms with Crippen molar-refractivity contribution < 1.29 is 0 Å². The van der Waals surface area contributed by atoms with Gasteiger partial charge in [0.25, 0.3) is 0 Å². The maximum absolute atomic E-state index is 4.48. The maximum Gasteiger partial charge on any atom is 0.193 e. The maximum atomic E-state index is 4.48. The first-order chi connectivity index (χ1) is 12.7. The summed E-state index contributed by atoms with van der Waals surface area (Å²) in [6, 6.07) is 0.653. The molecule has 0 radical (unpaired) electrons. The van der Waals surface area contributed by atoms with Gasteiger partial charge in [0.15, 0.2) is 5.96 Å². The van der Waals surface area contributed by atoms with E-state index in [-0.39, 0.29) is 0 Å². The number of guanidine groups is 1. The van der Waals surface area contributed by atoms with Gasteiger partial charge in [0.2, 0.25) is 0 Å². The topological polar surface area (TPSA) is 48.7 Å². The number of aromatic nitrogens is 2. The molecule has 2 fully saturated rings. The molecular formula is C20H36N6. The standard InChI is InChI=1S/C20H36N6/c1-21-20(24(2)14-18-12-23-25(3)15-18)22-13-19-10-7-11-26(19)16-17-8-5-4-6-9-17/h12,15,17,19H,4-11,13-14,16H2,1-3H3,(H,21,22). The highest BCUT2D eigenvalue weighted by Crippen LogP contribution is 2.27. The van der Waals surface area contributed by atoms with Gasteiger partial charge in [0.05, 0.1) is 6.20 Å². The Morgan fingerprint density at radius 2 is 2.08 bits per heavy atom. The third-order valence-corrected chi connectivity index (χ3v) is 5.96. The number of aliphatic imine (C=N–C) groups is 1. The Labute approximate surface area is 158 Å². The van der Waals surface area contributed by atoms with Crippen LogP contribution in [0.1, 0.15) is 50.5 Å². The molecule has 3 rings (SSSR count). The molecule has 1 saturated carbocycles. The summed E-state index contributed by atoms with van der Waals surface area (Å²) in [6.07, 6.45) is 13.8. The molecule has 1 aliphatic carbocycles. The molecule has 1 N–H and O–H groups in total. The van der Waals surface area contributed by atoms with Crippen LogP contribution in [0.15, 0.2) is 17.4 Å². The first-order valence-corrected chi connectivity index (χ1v) is 10.3. The van der Waals surface area contributed by atoms with E-state index in [2.05, 4.69) is 38.5 Å². The van der Waals surface area contributed by atoms with Crippen LogP contribution >= 0.6 is 0 Å². The number of nitrogens with zero attached hydrogens (tertiary/aromatic N) is 5. The summed E-state index contributed by atoms with van der Waals surface area (Å²) in [6.45, 7) is 4.39. The Morgan fingerprint density at radius 3 is 2.77 bits per heavy atom. The second-order valence-corrected chi connectivity index (χ2v) is 8.10. The highest BCUT2D eigenvalue weighted by Gasteiger charge is 2.27. The Bertz CT molecular complexity index is 575. The third-order valence-electron chi connectivity index (χ3n) is 5.96. The predicted molar refractivity (Wildman–Crippen MR) is 107 cm³/mol. The molecule has 2 aliphatic rings. The monoisotopic (exact) mass is 360 g/mol. The lowest BCUT2D eigenvalue weighted by atomic mass is 9.89. The van der Waals surface area contributed by atoms with Crippen molar-refractivity contribution in [2.24, 2.45) is 18.0 Å². The normalized spacial score (nSPS) is 22.7. The van der Waals surface area contributed by atoms with Crippen LogP contribution in [0.5, 0.6) is 0 Å².